The monoisotopic (exact) mass is 262 g/mol. The summed E-state index contributed by atoms with van der Waals surface area (Å²) in [6.45, 7) is 0. The Labute approximate surface area is 102 Å². The third-order valence-electron chi connectivity index (χ3n) is 2.12. The second kappa shape index (κ2) is 5.38. The van der Waals surface area contributed by atoms with Gasteiger partial charge in [0.15, 0.2) is 0 Å². The highest BCUT2D eigenvalue weighted by Crippen LogP contribution is 2.16. The summed E-state index contributed by atoms with van der Waals surface area (Å²) in [6, 6.07) is 5.56. The van der Waals surface area contributed by atoms with E-state index in [0.29, 0.717) is 0 Å². The zero-order valence-electron chi connectivity index (χ0n) is 8.85. The molecule has 0 radical (unpaired) electrons. The summed E-state index contributed by atoms with van der Waals surface area (Å²) >= 11 is 8.60. The molecule has 0 amide bonds. The molecule has 0 unspecified atom stereocenters. The van der Waals surface area contributed by atoms with Gasteiger partial charge >= 0.3 is 8.80 Å². The first-order valence-corrected chi connectivity index (χ1v) is 6.89. The van der Waals surface area contributed by atoms with Crippen molar-refractivity contribution in [2.24, 2.45) is 0 Å². The highest BCUT2D eigenvalue weighted by Gasteiger charge is 2.42. The van der Waals surface area contributed by atoms with Crippen LogP contribution in [0.5, 0.6) is 0 Å². The molecule has 1 aromatic carbocycles. The Balaban J connectivity index is 3.22. The first-order valence-electron chi connectivity index (χ1n) is 4.27. The van der Waals surface area contributed by atoms with Crippen LogP contribution in [-0.4, -0.2) is 30.1 Å². The average molecular weight is 262 g/mol. The maximum atomic E-state index is 5.36. The van der Waals surface area contributed by atoms with Gasteiger partial charge in [-0.2, -0.15) is 0 Å². The van der Waals surface area contributed by atoms with E-state index in [1.54, 1.807) is 21.3 Å². The molecular weight excluding hydrogens is 248 g/mol. The van der Waals surface area contributed by atoms with E-state index in [1.165, 1.54) is 0 Å². The SMILES string of the molecule is CO[Si](OC)(OC)c1ccc(S)cc1S. The second-order valence-electron chi connectivity index (χ2n) is 2.87. The largest absolute Gasteiger partial charge is 0.537 e. The Hall–Kier alpha value is 0.0169. The van der Waals surface area contributed by atoms with Crippen LogP contribution in [0.2, 0.25) is 0 Å². The molecule has 84 valence electrons. The Bertz CT molecular complexity index is 334. The molecule has 0 spiro atoms. The third-order valence-corrected chi connectivity index (χ3v) is 5.68. The minimum atomic E-state index is -2.77. The molecule has 1 aromatic rings. The van der Waals surface area contributed by atoms with Crippen molar-refractivity contribution in [2.45, 2.75) is 9.79 Å². The van der Waals surface area contributed by atoms with E-state index in [0.717, 1.165) is 15.0 Å². The number of rotatable bonds is 4. The number of hydrogen-bond acceptors (Lipinski definition) is 5. The first-order chi connectivity index (χ1) is 7.09. The number of benzene rings is 1. The van der Waals surface area contributed by atoms with Gasteiger partial charge in [-0.25, -0.2) is 0 Å². The van der Waals surface area contributed by atoms with Crippen LogP contribution in [0.25, 0.3) is 0 Å². The molecule has 0 heterocycles. The fourth-order valence-electron chi connectivity index (χ4n) is 1.36. The van der Waals surface area contributed by atoms with Gasteiger partial charge < -0.3 is 13.3 Å². The third kappa shape index (κ3) is 2.58. The van der Waals surface area contributed by atoms with E-state index in [2.05, 4.69) is 25.3 Å². The standard InChI is InChI=1S/C9H14O3S2Si/c1-10-15(11-2,12-3)9-5-4-7(13)6-8(9)14/h4-6,13-14H,1-3H3. The van der Waals surface area contributed by atoms with Crippen LogP contribution in [0.4, 0.5) is 0 Å². The predicted molar refractivity (Wildman–Crippen MR) is 67.4 cm³/mol. The first kappa shape index (κ1) is 13.1. The zero-order chi connectivity index (χ0) is 11.5. The molecule has 0 aliphatic rings. The van der Waals surface area contributed by atoms with Crippen LogP contribution in [-0.2, 0) is 13.3 Å². The lowest BCUT2D eigenvalue weighted by atomic mass is 10.4. The molecule has 1 rings (SSSR count). The quantitative estimate of drug-likeness (QED) is 0.634. The maximum absolute atomic E-state index is 5.36. The topological polar surface area (TPSA) is 27.7 Å². The second-order valence-corrected chi connectivity index (χ2v) is 6.74. The number of hydrogen-bond donors (Lipinski definition) is 2. The summed E-state index contributed by atoms with van der Waals surface area (Å²) in [5.74, 6) is 0. The molecular formula is C9H14O3S2Si. The van der Waals surface area contributed by atoms with Crippen molar-refractivity contribution in [1.82, 2.24) is 0 Å². The summed E-state index contributed by atoms with van der Waals surface area (Å²) in [7, 11) is 1.94. The molecule has 0 N–H and O–H groups in total. The normalized spacial score (nSPS) is 11.8. The fraction of sp³-hybridized carbons (Fsp3) is 0.333. The Morgan fingerprint density at radius 3 is 1.93 bits per heavy atom. The summed E-state index contributed by atoms with van der Waals surface area (Å²) in [5, 5.41) is 0.844. The Morgan fingerprint density at radius 2 is 1.53 bits per heavy atom. The van der Waals surface area contributed by atoms with Crippen LogP contribution >= 0.6 is 25.3 Å². The van der Waals surface area contributed by atoms with Gasteiger partial charge in [0.05, 0.1) is 0 Å². The lowest BCUT2D eigenvalue weighted by Gasteiger charge is -2.25. The van der Waals surface area contributed by atoms with Gasteiger partial charge in [-0.3, -0.25) is 0 Å². The zero-order valence-corrected chi connectivity index (χ0v) is 11.6. The van der Waals surface area contributed by atoms with E-state index in [-0.39, 0.29) is 0 Å². The van der Waals surface area contributed by atoms with Crippen molar-refractivity contribution >= 4 is 39.2 Å². The van der Waals surface area contributed by atoms with Gasteiger partial charge in [0.25, 0.3) is 0 Å². The number of thiol groups is 2. The summed E-state index contributed by atoms with van der Waals surface area (Å²) < 4.78 is 16.1. The minimum Gasteiger partial charge on any atom is -0.373 e. The van der Waals surface area contributed by atoms with Gasteiger partial charge in [-0.1, -0.05) is 6.07 Å². The van der Waals surface area contributed by atoms with Gasteiger partial charge in [0, 0.05) is 36.3 Å². The van der Waals surface area contributed by atoms with Crippen LogP contribution in [0.15, 0.2) is 28.0 Å². The van der Waals surface area contributed by atoms with Crippen molar-refractivity contribution in [1.29, 1.82) is 0 Å². The molecule has 0 bridgehead atoms. The fourth-order valence-corrected chi connectivity index (χ4v) is 4.12. The maximum Gasteiger partial charge on any atom is 0.537 e. The van der Waals surface area contributed by atoms with Crippen molar-refractivity contribution in [3.63, 3.8) is 0 Å². The van der Waals surface area contributed by atoms with Crippen molar-refractivity contribution in [2.75, 3.05) is 21.3 Å². The highest BCUT2D eigenvalue weighted by molar-refractivity contribution is 7.81. The molecule has 0 saturated carbocycles. The average Bonchev–Trinajstić information content (AvgIpc) is 2.23. The molecule has 0 fully saturated rings. The van der Waals surface area contributed by atoms with Gasteiger partial charge in [-0.05, 0) is 12.1 Å². The van der Waals surface area contributed by atoms with E-state index >= 15 is 0 Å². The van der Waals surface area contributed by atoms with Crippen molar-refractivity contribution in [3.05, 3.63) is 18.2 Å². The predicted octanol–water partition coefficient (Wildman–Crippen LogP) is 1.35. The molecule has 0 saturated heterocycles. The van der Waals surface area contributed by atoms with E-state index in [4.69, 9.17) is 13.3 Å². The molecule has 3 nitrogen and oxygen atoms in total. The Morgan fingerprint density at radius 1 is 1.00 bits per heavy atom. The van der Waals surface area contributed by atoms with E-state index in [1.807, 2.05) is 18.2 Å². The molecule has 0 aromatic heterocycles. The lowest BCUT2D eigenvalue weighted by Crippen LogP contribution is -2.55. The van der Waals surface area contributed by atoms with Gasteiger partial charge in [0.2, 0.25) is 0 Å². The van der Waals surface area contributed by atoms with Crippen molar-refractivity contribution < 1.29 is 13.3 Å². The summed E-state index contributed by atoms with van der Waals surface area (Å²) in [6.07, 6.45) is 0. The van der Waals surface area contributed by atoms with Crippen LogP contribution in [0.1, 0.15) is 0 Å². The van der Waals surface area contributed by atoms with Gasteiger partial charge in [0.1, 0.15) is 0 Å². The molecule has 0 aliphatic carbocycles. The summed E-state index contributed by atoms with van der Waals surface area (Å²) in [5.41, 5.74) is 0. The minimum absolute atomic E-state index is 0.764. The lowest BCUT2D eigenvalue weighted by molar-refractivity contribution is 0.140. The molecule has 0 aliphatic heterocycles. The molecule has 6 heteroatoms. The van der Waals surface area contributed by atoms with Gasteiger partial charge in [-0.15, -0.1) is 25.3 Å². The van der Waals surface area contributed by atoms with E-state index in [9.17, 15) is 0 Å². The summed E-state index contributed by atoms with van der Waals surface area (Å²) in [4.78, 5) is 1.61. The van der Waals surface area contributed by atoms with E-state index < -0.39 is 8.80 Å². The van der Waals surface area contributed by atoms with Crippen LogP contribution in [0, 0.1) is 0 Å². The Kier molecular flexibility index (Phi) is 4.69. The molecule has 0 atom stereocenters. The molecule has 15 heavy (non-hydrogen) atoms. The van der Waals surface area contributed by atoms with Crippen LogP contribution < -0.4 is 5.19 Å². The van der Waals surface area contributed by atoms with Crippen molar-refractivity contribution in [3.8, 4) is 0 Å². The highest BCUT2D eigenvalue weighted by atomic mass is 32.1. The van der Waals surface area contributed by atoms with Crippen LogP contribution in [0.3, 0.4) is 0 Å². The smallest absolute Gasteiger partial charge is 0.373 e.